The van der Waals surface area contributed by atoms with Gasteiger partial charge in [-0.25, -0.2) is 4.79 Å². The van der Waals surface area contributed by atoms with Crippen molar-refractivity contribution in [1.29, 1.82) is 0 Å². The molecule has 0 spiro atoms. The fourth-order valence-electron chi connectivity index (χ4n) is 5.77. The van der Waals surface area contributed by atoms with Gasteiger partial charge in [-0.1, -0.05) is 26.3 Å². The Balaban J connectivity index is 1.78. The average Bonchev–Trinajstić information content (AvgIpc) is 2.78. The maximum absolute atomic E-state index is 13.6. The van der Waals surface area contributed by atoms with E-state index in [0.29, 0.717) is 35.8 Å². The Bertz CT molecular complexity index is 1020. The number of aliphatic imine (C=N–C) groups is 1. The number of ketones is 1. The van der Waals surface area contributed by atoms with Gasteiger partial charge in [0.25, 0.3) is 0 Å². The maximum Gasteiger partial charge on any atom is 0.336 e. The average molecular weight is 468 g/mol. The molecule has 2 fully saturated rings. The molecule has 4 rings (SSSR count). The highest BCUT2D eigenvalue weighted by atomic mass is 16.5. The molecule has 6 nitrogen and oxygen atoms in total. The van der Waals surface area contributed by atoms with Gasteiger partial charge in [-0.15, -0.1) is 0 Å². The van der Waals surface area contributed by atoms with Crippen LogP contribution in [0.1, 0.15) is 84.1 Å². The third kappa shape index (κ3) is 4.91. The molecule has 1 heterocycles. The smallest absolute Gasteiger partial charge is 0.336 e. The fourth-order valence-corrected chi connectivity index (χ4v) is 5.77. The number of Topliss-reactive ketones (excluding diaryl/α,β-unsaturated/α-hetero) is 1. The van der Waals surface area contributed by atoms with Crippen molar-refractivity contribution in [2.45, 2.75) is 84.7 Å². The number of ether oxygens (including phenoxy) is 3. The van der Waals surface area contributed by atoms with Gasteiger partial charge in [0.1, 0.15) is 11.9 Å². The maximum atomic E-state index is 13.6. The van der Waals surface area contributed by atoms with Crippen LogP contribution in [0.25, 0.3) is 0 Å². The van der Waals surface area contributed by atoms with Crippen molar-refractivity contribution in [3.05, 3.63) is 35.0 Å². The summed E-state index contributed by atoms with van der Waals surface area (Å²) < 4.78 is 17.3. The van der Waals surface area contributed by atoms with Crippen molar-refractivity contribution in [3.63, 3.8) is 0 Å². The molecule has 184 valence electrons. The molecule has 0 N–H and O–H groups in total. The third-order valence-electron chi connectivity index (χ3n) is 7.26. The minimum Gasteiger partial charge on any atom is -0.493 e. The van der Waals surface area contributed by atoms with Crippen molar-refractivity contribution in [1.82, 2.24) is 0 Å². The Morgan fingerprint density at radius 1 is 1.09 bits per heavy atom. The lowest BCUT2D eigenvalue weighted by molar-refractivity contribution is -0.146. The number of esters is 1. The Hall–Kier alpha value is -2.63. The first kappa shape index (κ1) is 24.5. The van der Waals surface area contributed by atoms with Crippen LogP contribution < -0.4 is 9.47 Å². The van der Waals surface area contributed by atoms with Crippen molar-refractivity contribution < 1.29 is 23.8 Å². The molecular formula is C28H37NO5. The van der Waals surface area contributed by atoms with Crippen LogP contribution in [0.5, 0.6) is 11.5 Å². The number of fused-ring (bicyclic) bond motifs is 1. The predicted octanol–water partition coefficient (Wildman–Crippen LogP) is 5.79. The van der Waals surface area contributed by atoms with Crippen LogP contribution in [0.15, 0.2) is 34.5 Å². The van der Waals surface area contributed by atoms with Gasteiger partial charge in [0.05, 0.1) is 25.2 Å². The number of rotatable bonds is 6. The summed E-state index contributed by atoms with van der Waals surface area (Å²) >= 11 is 0. The van der Waals surface area contributed by atoms with Crippen LogP contribution in [0, 0.1) is 11.3 Å². The zero-order valence-corrected chi connectivity index (χ0v) is 21.1. The van der Waals surface area contributed by atoms with E-state index in [0.717, 1.165) is 43.4 Å². The van der Waals surface area contributed by atoms with Gasteiger partial charge in [-0.3, -0.25) is 9.79 Å². The zero-order valence-electron chi connectivity index (χ0n) is 21.1. The molecule has 2 atom stereocenters. The second-order valence-corrected chi connectivity index (χ2v) is 10.6. The number of allylic oxidation sites excluding steroid dienone is 1. The van der Waals surface area contributed by atoms with Crippen LogP contribution in [-0.4, -0.2) is 37.3 Å². The van der Waals surface area contributed by atoms with Gasteiger partial charge in [0, 0.05) is 23.7 Å². The summed E-state index contributed by atoms with van der Waals surface area (Å²) in [5.74, 6) is 0.0993. The van der Waals surface area contributed by atoms with E-state index in [9.17, 15) is 9.59 Å². The van der Waals surface area contributed by atoms with E-state index >= 15 is 0 Å². The topological polar surface area (TPSA) is 74.2 Å². The molecule has 0 radical (unpaired) electrons. The Kier molecular flexibility index (Phi) is 7.15. The highest BCUT2D eigenvalue weighted by molar-refractivity contribution is 6.12. The lowest BCUT2D eigenvalue weighted by Crippen LogP contribution is -2.44. The summed E-state index contributed by atoms with van der Waals surface area (Å²) in [5.41, 5.74) is 2.72. The first-order valence-corrected chi connectivity index (χ1v) is 12.6. The van der Waals surface area contributed by atoms with E-state index in [2.05, 4.69) is 13.8 Å². The fraction of sp³-hybridized carbons (Fsp3) is 0.607. The summed E-state index contributed by atoms with van der Waals surface area (Å²) in [4.78, 5) is 31.9. The number of benzene rings is 1. The number of nitrogens with zero attached hydrogens (tertiary/aromatic N) is 1. The molecule has 34 heavy (non-hydrogen) atoms. The predicted molar refractivity (Wildman–Crippen MR) is 132 cm³/mol. The van der Waals surface area contributed by atoms with E-state index in [1.54, 1.807) is 7.11 Å². The largest absolute Gasteiger partial charge is 0.493 e. The van der Waals surface area contributed by atoms with Gasteiger partial charge >= 0.3 is 5.97 Å². The molecule has 0 amide bonds. The molecule has 0 bridgehead atoms. The van der Waals surface area contributed by atoms with Crippen LogP contribution in [0.4, 0.5) is 0 Å². The summed E-state index contributed by atoms with van der Waals surface area (Å²) in [7, 11) is 1.60. The molecule has 0 saturated heterocycles. The molecule has 0 aromatic heterocycles. The number of methoxy groups -OCH3 is 1. The first-order valence-electron chi connectivity index (χ1n) is 12.6. The molecular weight excluding hydrogens is 430 g/mol. The standard InChI is InChI=1S/C28H37NO5/c1-6-33-22-13-12-18(14-23(22)32-5)25-24(27(31)34-19-10-8-7-9-11-19)17(2)29-20-15-28(3,4)16-21(30)26(20)25/h12-14,19,25-26H,6-11,15-16H2,1-5H3/t25-,26?/m1/s1. The molecule has 1 unspecified atom stereocenters. The second-order valence-electron chi connectivity index (χ2n) is 10.6. The Labute approximate surface area is 202 Å². The van der Waals surface area contributed by atoms with Gasteiger partial charge < -0.3 is 14.2 Å². The van der Waals surface area contributed by atoms with Gasteiger partial charge in [0.2, 0.25) is 0 Å². The van der Waals surface area contributed by atoms with Gasteiger partial charge in [0.15, 0.2) is 11.5 Å². The van der Waals surface area contributed by atoms with Crippen molar-refractivity contribution in [3.8, 4) is 11.5 Å². The van der Waals surface area contributed by atoms with Crippen molar-refractivity contribution >= 4 is 17.5 Å². The van der Waals surface area contributed by atoms with E-state index in [1.807, 2.05) is 32.0 Å². The number of hydrogen-bond acceptors (Lipinski definition) is 6. The summed E-state index contributed by atoms with van der Waals surface area (Å²) in [5, 5.41) is 0. The second kappa shape index (κ2) is 9.93. The Morgan fingerprint density at radius 3 is 2.50 bits per heavy atom. The highest BCUT2D eigenvalue weighted by Gasteiger charge is 2.48. The van der Waals surface area contributed by atoms with E-state index in [-0.39, 0.29) is 23.3 Å². The van der Waals surface area contributed by atoms with E-state index in [1.165, 1.54) is 6.42 Å². The van der Waals surface area contributed by atoms with Crippen LogP contribution >= 0.6 is 0 Å². The number of carbonyl (C=O) groups excluding carboxylic acids is 2. The minimum atomic E-state index is -0.465. The lowest BCUT2D eigenvalue weighted by atomic mass is 9.63. The molecule has 6 heteroatoms. The normalized spacial score (nSPS) is 24.9. The summed E-state index contributed by atoms with van der Waals surface area (Å²) in [6, 6.07) is 5.70. The molecule has 3 aliphatic rings. The Morgan fingerprint density at radius 2 is 1.82 bits per heavy atom. The van der Waals surface area contributed by atoms with E-state index < -0.39 is 11.8 Å². The highest BCUT2D eigenvalue weighted by Crippen LogP contribution is 2.48. The van der Waals surface area contributed by atoms with Crippen LogP contribution in [-0.2, 0) is 14.3 Å². The molecule has 2 aliphatic carbocycles. The number of carbonyl (C=O) groups is 2. The van der Waals surface area contributed by atoms with Crippen LogP contribution in [0.2, 0.25) is 0 Å². The SMILES string of the molecule is CCOc1ccc([C@@H]2C(C(=O)OC3CCCCC3)=C(C)N=C3CC(C)(C)CC(=O)C32)cc1OC. The quantitative estimate of drug-likeness (QED) is 0.495. The van der Waals surface area contributed by atoms with E-state index in [4.69, 9.17) is 19.2 Å². The van der Waals surface area contributed by atoms with Crippen LogP contribution in [0.3, 0.4) is 0 Å². The van der Waals surface area contributed by atoms with Gasteiger partial charge in [-0.2, -0.15) is 0 Å². The zero-order chi connectivity index (χ0) is 24.5. The summed E-state index contributed by atoms with van der Waals surface area (Å²) in [6.45, 7) is 8.51. The molecule has 2 saturated carbocycles. The summed E-state index contributed by atoms with van der Waals surface area (Å²) in [6.07, 6.45) is 6.26. The van der Waals surface area contributed by atoms with Gasteiger partial charge in [-0.05, 0) is 69.1 Å². The molecule has 1 aromatic rings. The molecule has 1 aliphatic heterocycles. The third-order valence-corrected chi connectivity index (χ3v) is 7.26. The lowest BCUT2D eigenvalue weighted by Gasteiger charge is -2.41. The van der Waals surface area contributed by atoms with Crippen molar-refractivity contribution in [2.24, 2.45) is 16.3 Å². The number of hydrogen-bond donors (Lipinski definition) is 0. The van der Waals surface area contributed by atoms with Crippen molar-refractivity contribution in [2.75, 3.05) is 13.7 Å². The first-order chi connectivity index (χ1) is 16.2. The monoisotopic (exact) mass is 467 g/mol. The molecule has 1 aromatic carbocycles. The minimum absolute atomic E-state index is 0.0663.